The molecule has 1 saturated heterocycles. The number of ketones is 1. The molecule has 1 aromatic heterocycles. The number of nitrogens with zero attached hydrogens (tertiary/aromatic N) is 1. The molecule has 1 aromatic rings. The third-order valence-electron chi connectivity index (χ3n) is 4.29. The minimum Gasteiger partial charge on any atom is -0.403 e. The van der Waals surface area contributed by atoms with Gasteiger partial charge in [0, 0.05) is 6.20 Å². The molecule has 108 valence electrons. The van der Waals surface area contributed by atoms with E-state index in [0.717, 1.165) is 0 Å². The fourth-order valence-electron chi connectivity index (χ4n) is 2.25. The quantitative estimate of drug-likeness (QED) is 0.625. The minimum absolute atomic E-state index is 0.0217. The first-order valence-corrected chi connectivity index (χ1v) is 7.09. The normalized spacial score (nSPS) is 21.8. The topological polar surface area (TPSA) is 48.4 Å². The summed E-state index contributed by atoms with van der Waals surface area (Å²) in [5.74, 6) is -0.349. The van der Waals surface area contributed by atoms with Gasteiger partial charge in [-0.05, 0) is 46.2 Å². The highest BCUT2D eigenvalue weighted by Gasteiger charge is 2.54. The van der Waals surface area contributed by atoms with E-state index in [0.29, 0.717) is 12.1 Å². The zero-order valence-corrected chi connectivity index (χ0v) is 12.8. The molecule has 0 aliphatic carbocycles. The first-order valence-electron chi connectivity index (χ1n) is 7.09. The summed E-state index contributed by atoms with van der Waals surface area (Å²) in [4.78, 5) is 16.7. The van der Waals surface area contributed by atoms with Crippen molar-refractivity contribution in [3.8, 4) is 0 Å². The van der Waals surface area contributed by atoms with Crippen molar-refractivity contribution >= 4 is 12.9 Å². The summed E-state index contributed by atoms with van der Waals surface area (Å²) in [6.07, 6.45) is 2.29. The second kappa shape index (κ2) is 5.30. The van der Waals surface area contributed by atoms with Crippen LogP contribution in [0.25, 0.3) is 0 Å². The summed E-state index contributed by atoms with van der Waals surface area (Å²) >= 11 is 0. The van der Waals surface area contributed by atoms with Crippen molar-refractivity contribution in [1.82, 2.24) is 4.98 Å². The average molecular weight is 275 g/mol. The van der Waals surface area contributed by atoms with Crippen LogP contribution in [0, 0.1) is 0 Å². The maximum Gasteiger partial charge on any atom is 0.469 e. The van der Waals surface area contributed by atoms with Crippen molar-refractivity contribution in [2.75, 3.05) is 0 Å². The zero-order valence-electron chi connectivity index (χ0n) is 12.8. The zero-order chi connectivity index (χ0) is 15.0. The van der Waals surface area contributed by atoms with Crippen LogP contribution in [-0.2, 0) is 9.31 Å². The number of aromatic nitrogens is 1. The fourth-order valence-corrected chi connectivity index (χ4v) is 2.25. The first kappa shape index (κ1) is 15.2. The maximum atomic E-state index is 12.6. The Labute approximate surface area is 121 Å². The number of carbonyl (C=O) groups is 1. The third-order valence-corrected chi connectivity index (χ3v) is 4.29. The fraction of sp³-hybridized carbons (Fsp3) is 0.600. The van der Waals surface area contributed by atoms with Gasteiger partial charge in [0.25, 0.3) is 0 Å². The highest BCUT2D eigenvalue weighted by atomic mass is 16.7. The molecule has 0 aromatic carbocycles. The van der Waals surface area contributed by atoms with E-state index >= 15 is 0 Å². The number of pyridine rings is 1. The molecule has 0 bridgehead atoms. The van der Waals surface area contributed by atoms with Gasteiger partial charge < -0.3 is 9.31 Å². The van der Waals surface area contributed by atoms with Crippen LogP contribution in [0.3, 0.4) is 0 Å². The van der Waals surface area contributed by atoms with Gasteiger partial charge in [0.1, 0.15) is 5.69 Å². The van der Waals surface area contributed by atoms with Gasteiger partial charge in [0.2, 0.25) is 0 Å². The van der Waals surface area contributed by atoms with Crippen LogP contribution < -0.4 is 0 Å². The van der Waals surface area contributed by atoms with Crippen LogP contribution in [0.4, 0.5) is 0 Å². The third kappa shape index (κ3) is 2.65. The van der Waals surface area contributed by atoms with Gasteiger partial charge in [0.15, 0.2) is 5.78 Å². The molecule has 1 fully saturated rings. The largest absolute Gasteiger partial charge is 0.469 e. The Balaban J connectivity index is 2.21. The summed E-state index contributed by atoms with van der Waals surface area (Å²) in [6, 6.07) is 5.35. The van der Waals surface area contributed by atoms with Gasteiger partial charge >= 0.3 is 7.12 Å². The van der Waals surface area contributed by atoms with E-state index < -0.39 is 18.3 Å². The van der Waals surface area contributed by atoms with Crippen molar-refractivity contribution in [2.24, 2.45) is 0 Å². The summed E-state index contributed by atoms with van der Waals surface area (Å²) in [5, 5.41) is 0. The van der Waals surface area contributed by atoms with Crippen molar-refractivity contribution < 1.29 is 14.1 Å². The average Bonchev–Trinajstić information content (AvgIpc) is 2.60. The molecule has 0 N–H and O–H groups in total. The van der Waals surface area contributed by atoms with Crippen LogP contribution in [0.1, 0.15) is 51.5 Å². The molecule has 5 heteroatoms. The molecule has 0 spiro atoms. The molecule has 1 atom stereocenters. The first-order chi connectivity index (χ1) is 9.28. The molecular formula is C15H22BNO3. The molecule has 4 nitrogen and oxygen atoms in total. The molecule has 20 heavy (non-hydrogen) atoms. The van der Waals surface area contributed by atoms with Crippen molar-refractivity contribution in [3.05, 3.63) is 30.1 Å². The van der Waals surface area contributed by atoms with E-state index in [2.05, 4.69) is 4.98 Å². The molecular weight excluding hydrogens is 253 g/mol. The Bertz CT molecular complexity index is 471. The van der Waals surface area contributed by atoms with Crippen molar-refractivity contribution in [2.45, 2.75) is 58.1 Å². The van der Waals surface area contributed by atoms with Crippen LogP contribution in [-0.4, -0.2) is 29.1 Å². The van der Waals surface area contributed by atoms with E-state index in [1.165, 1.54) is 0 Å². The lowest BCUT2D eigenvalue weighted by atomic mass is 9.67. The number of Topliss-reactive ketones (excluding diaryl/α,β-unsaturated/α-hetero) is 1. The molecule has 1 unspecified atom stereocenters. The van der Waals surface area contributed by atoms with Gasteiger partial charge in [-0.1, -0.05) is 13.0 Å². The van der Waals surface area contributed by atoms with Crippen molar-refractivity contribution in [3.63, 3.8) is 0 Å². The molecule has 0 radical (unpaired) electrons. The second-order valence-electron chi connectivity index (χ2n) is 6.22. The number of rotatable bonds is 4. The standard InChI is InChI=1S/C15H22BNO3/c1-6-11(13(18)12-9-7-8-10-17-12)16-19-14(2,3)15(4,5)20-16/h7-11H,6H2,1-5H3. The number of hydrogen-bond donors (Lipinski definition) is 0. The van der Waals surface area contributed by atoms with Crippen molar-refractivity contribution in [1.29, 1.82) is 0 Å². The van der Waals surface area contributed by atoms with E-state index in [-0.39, 0.29) is 11.6 Å². The Kier molecular flexibility index (Phi) is 4.03. The van der Waals surface area contributed by atoms with Gasteiger partial charge in [0.05, 0.1) is 17.0 Å². The lowest BCUT2D eigenvalue weighted by molar-refractivity contribution is 0.00578. The maximum absolute atomic E-state index is 12.6. The Morgan fingerprint density at radius 2 is 1.85 bits per heavy atom. The smallest absolute Gasteiger partial charge is 0.403 e. The SMILES string of the molecule is CCC(B1OC(C)(C)C(C)(C)O1)C(=O)c1ccccn1. The lowest BCUT2D eigenvalue weighted by Gasteiger charge is -2.32. The number of carbonyl (C=O) groups excluding carboxylic acids is 1. The minimum atomic E-state index is -0.514. The molecule has 0 amide bonds. The van der Waals surface area contributed by atoms with Gasteiger partial charge in [-0.3, -0.25) is 9.78 Å². The van der Waals surface area contributed by atoms with E-state index in [4.69, 9.17) is 9.31 Å². The summed E-state index contributed by atoms with van der Waals surface area (Å²) in [7, 11) is -0.514. The van der Waals surface area contributed by atoms with Gasteiger partial charge in [-0.25, -0.2) is 0 Å². The molecule has 2 heterocycles. The summed E-state index contributed by atoms with van der Waals surface area (Å²) < 4.78 is 12.0. The molecule has 1 aliphatic heterocycles. The van der Waals surface area contributed by atoms with Crippen LogP contribution >= 0.6 is 0 Å². The Hall–Kier alpha value is -1.20. The van der Waals surface area contributed by atoms with Crippen LogP contribution in [0.2, 0.25) is 5.82 Å². The monoisotopic (exact) mass is 275 g/mol. The summed E-state index contributed by atoms with van der Waals surface area (Å²) in [5.41, 5.74) is -0.376. The summed E-state index contributed by atoms with van der Waals surface area (Å²) in [6.45, 7) is 9.93. The highest BCUT2D eigenvalue weighted by Crippen LogP contribution is 2.41. The second-order valence-corrected chi connectivity index (χ2v) is 6.22. The molecule has 1 aliphatic rings. The van der Waals surface area contributed by atoms with Gasteiger partial charge in [-0.15, -0.1) is 0 Å². The molecule has 0 saturated carbocycles. The van der Waals surface area contributed by atoms with E-state index in [9.17, 15) is 4.79 Å². The molecule has 2 rings (SSSR count). The van der Waals surface area contributed by atoms with E-state index in [1.807, 2.05) is 40.7 Å². The van der Waals surface area contributed by atoms with Crippen LogP contribution in [0.5, 0.6) is 0 Å². The predicted octanol–water partition coefficient (Wildman–Crippen LogP) is 3.14. The lowest BCUT2D eigenvalue weighted by Crippen LogP contribution is -2.41. The number of hydrogen-bond acceptors (Lipinski definition) is 4. The predicted molar refractivity (Wildman–Crippen MR) is 78.7 cm³/mol. The Morgan fingerprint density at radius 3 is 2.30 bits per heavy atom. The Morgan fingerprint density at radius 1 is 1.25 bits per heavy atom. The highest BCUT2D eigenvalue weighted by molar-refractivity contribution is 6.54. The van der Waals surface area contributed by atoms with Crippen LogP contribution in [0.15, 0.2) is 24.4 Å². The van der Waals surface area contributed by atoms with Gasteiger partial charge in [-0.2, -0.15) is 0 Å². The van der Waals surface area contributed by atoms with E-state index in [1.54, 1.807) is 18.3 Å².